The third-order valence-corrected chi connectivity index (χ3v) is 3.68. The van der Waals surface area contributed by atoms with Crippen molar-refractivity contribution in [3.63, 3.8) is 0 Å². The van der Waals surface area contributed by atoms with Gasteiger partial charge >= 0.3 is 0 Å². The number of nitrogens with one attached hydrogen (secondary N) is 1. The average Bonchev–Trinajstić information content (AvgIpc) is 2.51. The third-order valence-electron chi connectivity index (χ3n) is 3.68. The molecule has 2 aromatic rings. The zero-order chi connectivity index (χ0) is 15.0. The molecule has 1 aliphatic rings. The molecule has 0 bridgehead atoms. The van der Waals surface area contributed by atoms with Crippen molar-refractivity contribution in [1.29, 1.82) is 0 Å². The van der Waals surface area contributed by atoms with Crippen molar-refractivity contribution in [2.75, 3.05) is 19.1 Å². The highest BCUT2D eigenvalue weighted by Crippen LogP contribution is 2.32. The third kappa shape index (κ3) is 2.20. The molecule has 0 saturated carbocycles. The Morgan fingerprint density at radius 3 is 2.71 bits per heavy atom. The summed E-state index contributed by atoms with van der Waals surface area (Å²) in [7, 11) is 3.29. The van der Waals surface area contributed by atoms with Crippen LogP contribution in [0, 0.1) is 5.82 Å². The number of fused-ring (bicyclic) bond motifs is 1. The number of carbonyl (C=O) groups is 1. The van der Waals surface area contributed by atoms with Crippen LogP contribution in [0.3, 0.4) is 0 Å². The molecule has 0 aromatic heterocycles. The molecule has 1 aliphatic heterocycles. The number of anilines is 1. The van der Waals surface area contributed by atoms with Gasteiger partial charge < -0.3 is 15.0 Å². The number of nitrogens with zero attached hydrogens (tertiary/aromatic N) is 1. The molecule has 21 heavy (non-hydrogen) atoms. The minimum Gasteiger partial charge on any atom is -0.494 e. The van der Waals surface area contributed by atoms with Crippen molar-refractivity contribution >= 4 is 11.6 Å². The van der Waals surface area contributed by atoms with E-state index in [1.54, 1.807) is 18.2 Å². The standard InChI is InChI=1S/C16H15FN2O2/c1-19-13-6-4-3-5-11(13)16(20)18-15(19)10-7-8-14(21-2)12(17)9-10/h3-9,15H,1-2H3,(H,18,20)/t15-/m1/s1. The quantitative estimate of drug-likeness (QED) is 0.923. The van der Waals surface area contributed by atoms with Gasteiger partial charge in [-0.15, -0.1) is 0 Å². The van der Waals surface area contributed by atoms with Crippen LogP contribution in [0.15, 0.2) is 42.5 Å². The topological polar surface area (TPSA) is 41.6 Å². The van der Waals surface area contributed by atoms with Gasteiger partial charge in [0.25, 0.3) is 5.91 Å². The molecule has 2 aromatic carbocycles. The number of benzene rings is 2. The molecule has 0 aliphatic carbocycles. The Balaban J connectivity index is 2.01. The van der Waals surface area contributed by atoms with E-state index >= 15 is 0 Å². The Labute approximate surface area is 122 Å². The Morgan fingerprint density at radius 1 is 1.24 bits per heavy atom. The van der Waals surface area contributed by atoms with E-state index in [4.69, 9.17) is 4.74 Å². The zero-order valence-corrected chi connectivity index (χ0v) is 11.8. The molecule has 0 radical (unpaired) electrons. The van der Waals surface area contributed by atoms with Crippen LogP contribution in [-0.2, 0) is 0 Å². The molecule has 4 nitrogen and oxygen atoms in total. The van der Waals surface area contributed by atoms with Gasteiger partial charge in [-0.1, -0.05) is 18.2 Å². The molecule has 1 heterocycles. The van der Waals surface area contributed by atoms with E-state index in [1.807, 2.05) is 30.1 Å². The molecule has 1 N–H and O–H groups in total. The van der Waals surface area contributed by atoms with E-state index in [9.17, 15) is 9.18 Å². The summed E-state index contributed by atoms with van der Waals surface area (Å²) in [6, 6.07) is 12.0. The number of amides is 1. The fourth-order valence-corrected chi connectivity index (χ4v) is 2.57. The fraction of sp³-hybridized carbons (Fsp3) is 0.188. The molecule has 1 amide bonds. The summed E-state index contributed by atoms with van der Waals surface area (Å²) in [6.07, 6.45) is -0.409. The molecular weight excluding hydrogens is 271 g/mol. The van der Waals surface area contributed by atoms with Gasteiger partial charge in [-0.05, 0) is 29.8 Å². The lowest BCUT2D eigenvalue weighted by atomic mass is 10.0. The van der Waals surface area contributed by atoms with Crippen LogP contribution in [-0.4, -0.2) is 20.1 Å². The van der Waals surface area contributed by atoms with E-state index in [0.717, 1.165) is 5.69 Å². The summed E-state index contributed by atoms with van der Waals surface area (Å²) < 4.78 is 18.8. The minimum atomic E-state index is -0.448. The normalized spacial score (nSPS) is 17.2. The van der Waals surface area contributed by atoms with Crippen LogP contribution in [0.25, 0.3) is 0 Å². The van der Waals surface area contributed by atoms with E-state index in [0.29, 0.717) is 11.1 Å². The second-order valence-corrected chi connectivity index (χ2v) is 4.90. The lowest BCUT2D eigenvalue weighted by Crippen LogP contribution is -2.44. The van der Waals surface area contributed by atoms with Gasteiger partial charge in [0.1, 0.15) is 6.17 Å². The minimum absolute atomic E-state index is 0.162. The number of halogens is 1. The molecule has 0 unspecified atom stereocenters. The zero-order valence-electron chi connectivity index (χ0n) is 11.8. The molecule has 0 spiro atoms. The van der Waals surface area contributed by atoms with Crippen molar-refractivity contribution in [3.05, 3.63) is 59.4 Å². The Hall–Kier alpha value is -2.56. The first-order chi connectivity index (χ1) is 10.1. The largest absolute Gasteiger partial charge is 0.494 e. The van der Waals surface area contributed by atoms with Crippen molar-refractivity contribution < 1.29 is 13.9 Å². The highest BCUT2D eigenvalue weighted by molar-refractivity contribution is 6.01. The highest BCUT2D eigenvalue weighted by Gasteiger charge is 2.29. The van der Waals surface area contributed by atoms with Gasteiger partial charge in [-0.3, -0.25) is 4.79 Å². The van der Waals surface area contributed by atoms with Crippen molar-refractivity contribution in [2.45, 2.75) is 6.17 Å². The van der Waals surface area contributed by atoms with Gasteiger partial charge in [0, 0.05) is 7.05 Å². The van der Waals surface area contributed by atoms with Crippen LogP contribution in [0.5, 0.6) is 5.75 Å². The number of hydrogen-bond acceptors (Lipinski definition) is 3. The summed E-state index contributed by atoms with van der Waals surface area (Å²) >= 11 is 0. The molecule has 108 valence electrons. The van der Waals surface area contributed by atoms with E-state index in [2.05, 4.69) is 5.32 Å². The summed E-state index contributed by atoms with van der Waals surface area (Å²) in [4.78, 5) is 14.1. The smallest absolute Gasteiger partial charge is 0.255 e. The highest BCUT2D eigenvalue weighted by atomic mass is 19.1. The first kappa shape index (κ1) is 13.4. The molecule has 1 atom stereocenters. The molecule has 0 saturated heterocycles. The number of hydrogen-bond donors (Lipinski definition) is 1. The summed E-state index contributed by atoms with van der Waals surface area (Å²) in [5.74, 6) is -0.426. The Kier molecular flexibility index (Phi) is 3.25. The maximum Gasteiger partial charge on any atom is 0.255 e. The second-order valence-electron chi connectivity index (χ2n) is 4.90. The van der Waals surface area contributed by atoms with Gasteiger partial charge in [-0.25, -0.2) is 4.39 Å². The monoisotopic (exact) mass is 286 g/mol. The van der Waals surface area contributed by atoms with Gasteiger partial charge in [0.15, 0.2) is 11.6 Å². The number of methoxy groups -OCH3 is 1. The number of para-hydroxylation sites is 1. The maximum atomic E-state index is 13.9. The van der Waals surface area contributed by atoms with Crippen molar-refractivity contribution in [2.24, 2.45) is 0 Å². The SMILES string of the molecule is COc1ccc([C@@H]2NC(=O)c3ccccc3N2C)cc1F. The molecule has 3 rings (SSSR count). The maximum absolute atomic E-state index is 13.9. The second kappa shape index (κ2) is 5.09. The van der Waals surface area contributed by atoms with Crippen LogP contribution < -0.4 is 15.0 Å². The van der Waals surface area contributed by atoms with Crippen LogP contribution in [0.1, 0.15) is 22.1 Å². The lowest BCUT2D eigenvalue weighted by molar-refractivity contribution is 0.0928. The van der Waals surface area contributed by atoms with Gasteiger partial charge in [-0.2, -0.15) is 0 Å². The first-order valence-electron chi connectivity index (χ1n) is 6.58. The molecular formula is C16H15FN2O2. The number of carbonyl (C=O) groups excluding carboxylic acids is 1. The fourth-order valence-electron chi connectivity index (χ4n) is 2.57. The van der Waals surface area contributed by atoms with E-state index < -0.39 is 12.0 Å². The number of ether oxygens (including phenoxy) is 1. The first-order valence-corrected chi connectivity index (χ1v) is 6.58. The predicted octanol–water partition coefficient (Wildman–Crippen LogP) is 2.71. The van der Waals surface area contributed by atoms with Crippen LogP contribution in [0.4, 0.5) is 10.1 Å². The summed E-state index contributed by atoms with van der Waals surface area (Å²) in [5.41, 5.74) is 2.10. The van der Waals surface area contributed by atoms with E-state index in [-0.39, 0.29) is 11.7 Å². The van der Waals surface area contributed by atoms with Crippen LogP contribution in [0.2, 0.25) is 0 Å². The van der Waals surface area contributed by atoms with Crippen molar-refractivity contribution in [1.82, 2.24) is 5.32 Å². The average molecular weight is 286 g/mol. The predicted molar refractivity (Wildman–Crippen MR) is 78.0 cm³/mol. The lowest BCUT2D eigenvalue weighted by Gasteiger charge is -2.36. The summed E-state index contributed by atoms with van der Waals surface area (Å²) in [5, 5.41) is 2.88. The Morgan fingerprint density at radius 2 is 2.00 bits per heavy atom. The van der Waals surface area contributed by atoms with Gasteiger partial charge in [0.2, 0.25) is 0 Å². The Bertz CT molecular complexity index is 702. The van der Waals surface area contributed by atoms with Crippen LogP contribution >= 0.6 is 0 Å². The van der Waals surface area contributed by atoms with Crippen molar-refractivity contribution in [3.8, 4) is 5.75 Å². The number of rotatable bonds is 2. The molecule has 0 fully saturated rings. The molecule has 5 heteroatoms. The van der Waals surface area contributed by atoms with E-state index in [1.165, 1.54) is 13.2 Å². The van der Waals surface area contributed by atoms with Gasteiger partial charge in [0.05, 0.1) is 18.4 Å². The summed E-state index contributed by atoms with van der Waals surface area (Å²) in [6.45, 7) is 0.